The van der Waals surface area contributed by atoms with E-state index in [2.05, 4.69) is 47.7 Å². The van der Waals surface area contributed by atoms with E-state index in [-0.39, 0.29) is 17.7 Å². The number of hydrogen-bond donors (Lipinski definition) is 1. The molecule has 0 spiro atoms. The third-order valence-corrected chi connectivity index (χ3v) is 5.15. The molecule has 138 valence electrons. The first-order chi connectivity index (χ1) is 12.9. The third-order valence-electron chi connectivity index (χ3n) is 5.15. The van der Waals surface area contributed by atoms with Crippen LogP contribution in [0.2, 0.25) is 0 Å². The Balaban J connectivity index is 1.75. The summed E-state index contributed by atoms with van der Waals surface area (Å²) in [6.07, 6.45) is 3.75. The van der Waals surface area contributed by atoms with Gasteiger partial charge in [0.1, 0.15) is 0 Å². The van der Waals surface area contributed by atoms with Crippen LogP contribution in [0.1, 0.15) is 42.5 Å². The Bertz CT molecular complexity index is 901. The van der Waals surface area contributed by atoms with E-state index in [1.807, 2.05) is 19.9 Å². The predicted octanol–water partition coefficient (Wildman–Crippen LogP) is 3.99. The van der Waals surface area contributed by atoms with Crippen molar-refractivity contribution < 1.29 is 9.90 Å². The molecule has 3 atom stereocenters. The number of aliphatic hydroxyl groups excluding tert-OH is 1. The first-order valence-electron chi connectivity index (χ1n) is 9.16. The van der Waals surface area contributed by atoms with Crippen molar-refractivity contribution in [1.29, 1.82) is 0 Å². The van der Waals surface area contributed by atoms with Crippen LogP contribution in [0.4, 0.5) is 0 Å². The quantitative estimate of drug-likeness (QED) is 0.662. The summed E-state index contributed by atoms with van der Waals surface area (Å²) in [5, 5.41) is 9.68. The van der Waals surface area contributed by atoms with Gasteiger partial charge in [-0.25, -0.2) is 4.99 Å². The number of benzene rings is 1. The van der Waals surface area contributed by atoms with E-state index in [0.29, 0.717) is 12.8 Å². The lowest BCUT2D eigenvalue weighted by Gasteiger charge is -2.13. The van der Waals surface area contributed by atoms with Crippen molar-refractivity contribution in [3.8, 4) is 11.1 Å². The summed E-state index contributed by atoms with van der Waals surface area (Å²) in [6, 6.07) is 12.2. The van der Waals surface area contributed by atoms with Crippen LogP contribution >= 0.6 is 0 Å². The third kappa shape index (κ3) is 4.15. The fraction of sp³-hybridized carbons (Fsp3) is 0.348. The zero-order valence-electron chi connectivity index (χ0n) is 16.0. The summed E-state index contributed by atoms with van der Waals surface area (Å²) in [5.41, 5.74) is 5.93. The molecular formula is C23H24N2O2. The minimum atomic E-state index is -0.473. The van der Waals surface area contributed by atoms with Crippen molar-refractivity contribution in [3.63, 3.8) is 0 Å². The molecule has 0 radical (unpaired) electrons. The molecule has 1 saturated carbocycles. The van der Waals surface area contributed by atoms with Crippen LogP contribution in [0.15, 0.2) is 41.5 Å². The van der Waals surface area contributed by atoms with Gasteiger partial charge in [-0.15, -0.1) is 0 Å². The summed E-state index contributed by atoms with van der Waals surface area (Å²) < 4.78 is 0. The number of nitrogens with zero attached hydrogens (tertiary/aromatic N) is 2. The fourth-order valence-corrected chi connectivity index (χ4v) is 3.61. The summed E-state index contributed by atoms with van der Waals surface area (Å²) in [7, 11) is 0. The van der Waals surface area contributed by atoms with Crippen LogP contribution < -0.4 is 0 Å². The zero-order chi connectivity index (χ0) is 19.6. The van der Waals surface area contributed by atoms with Crippen LogP contribution in [-0.4, -0.2) is 28.3 Å². The van der Waals surface area contributed by atoms with Crippen molar-refractivity contribution in [2.45, 2.75) is 45.6 Å². The van der Waals surface area contributed by atoms with Crippen LogP contribution in [-0.2, 0) is 4.79 Å². The summed E-state index contributed by atoms with van der Waals surface area (Å²) in [5.74, 6) is -0.561. The number of amides is 1. The second kappa shape index (κ2) is 7.85. The highest BCUT2D eigenvalue weighted by Gasteiger charge is 2.31. The second-order valence-corrected chi connectivity index (χ2v) is 7.27. The highest BCUT2D eigenvalue weighted by molar-refractivity contribution is 5.90. The first kappa shape index (κ1) is 19.0. The molecule has 27 heavy (non-hydrogen) atoms. The van der Waals surface area contributed by atoms with Gasteiger partial charge in [-0.3, -0.25) is 9.78 Å². The fourth-order valence-electron chi connectivity index (χ4n) is 3.61. The Labute approximate surface area is 160 Å². The number of rotatable bonds is 4. The first-order valence-corrected chi connectivity index (χ1v) is 9.16. The molecule has 1 aromatic carbocycles. The normalized spacial score (nSPS) is 20.7. The van der Waals surface area contributed by atoms with E-state index in [9.17, 15) is 9.90 Å². The summed E-state index contributed by atoms with van der Waals surface area (Å²) in [4.78, 5) is 20.7. The molecule has 1 amide bonds. The Morgan fingerprint density at radius 1 is 1.44 bits per heavy atom. The number of aromatic nitrogens is 1. The van der Waals surface area contributed by atoms with Crippen molar-refractivity contribution in [1.82, 2.24) is 4.98 Å². The average molecular weight is 360 g/mol. The van der Waals surface area contributed by atoms with Gasteiger partial charge in [-0.1, -0.05) is 43.3 Å². The van der Waals surface area contributed by atoms with Gasteiger partial charge < -0.3 is 5.11 Å². The number of carbonyl (C=O) groups excluding carboxylic acids is 1. The van der Waals surface area contributed by atoms with Gasteiger partial charge in [0.2, 0.25) is 0 Å². The molecule has 1 aromatic heterocycles. The summed E-state index contributed by atoms with van der Waals surface area (Å²) >= 11 is 0. The van der Waals surface area contributed by atoms with Crippen LogP contribution in [0, 0.1) is 31.9 Å². The van der Waals surface area contributed by atoms with Gasteiger partial charge in [0, 0.05) is 12.1 Å². The molecule has 1 aliphatic carbocycles. The van der Waals surface area contributed by atoms with E-state index >= 15 is 0 Å². The Kier molecular flexibility index (Phi) is 5.53. The minimum Gasteiger partial charge on any atom is -0.393 e. The van der Waals surface area contributed by atoms with Gasteiger partial charge in [0.15, 0.2) is 0 Å². The Hall–Kier alpha value is -2.77. The second-order valence-electron chi connectivity index (χ2n) is 7.27. The monoisotopic (exact) mass is 360 g/mol. The van der Waals surface area contributed by atoms with E-state index in [1.165, 1.54) is 0 Å². The molecule has 0 aliphatic heterocycles. The molecule has 1 N–H and O–H groups in total. The zero-order valence-corrected chi connectivity index (χ0v) is 16.0. The predicted molar refractivity (Wildman–Crippen MR) is 107 cm³/mol. The maximum atomic E-state index is 12.3. The molecule has 1 fully saturated rings. The SMILES string of the molecule is C=C1C[C@H](O)C[C@H]1C(=O)N=C[C@@H](C)c1ccc(-c2c#ccnc2C)cc1C. The maximum absolute atomic E-state index is 12.3. The Morgan fingerprint density at radius 3 is 2.85 bits per heavy atom. The Morgan fingerprint density at radius 2 is 2.22 bits per heavy atom. The standard InChI is InChI=1S/C23H24N2O2/c1-14-10-18(21-6-5-9-24-17(21)4)7-8-20(14)16(3)13-25-23(27)22-12-19(26)11-15(22)2/h7-10,13,16,19,22,26H,2,11-12H2,1,3-4H3/t16-,19+,22-/m1/s1. The number of aliphatic hydroxyl groups is 1. The molecule has 0 bridgehead atoms. The lowest BCUT2D eigenvalue weighted by Crippen LogP contribution is -2.12. The van der Waals surface area contributed by atoms with E-state index in [0.717, 1.165) is 33.5 Å². The van der Waals surface area contributed by atoms with Crippen LogP contribution in [0.5, 0.6) is 0 Å². The van der Waals surface area contributed by atoms with E-state index < -0.39 is 6.10 Å². The molecule has 3 rings (SSSR count). The summed E-state index contributed by atoms with van der Waals surface area (Å²) in [6.45, 7) is 9.91. The maximum Gasteiger partial charge on any atom is 0.252 e. The molecule has 4 nitrogen and oxygen atoms in total. The van der Waals surface area contributed by atoms with E-state index in [4.69, 9.17) is 0 Å². The molecule has 2 aromatic rings. The van der Waals surface area contributed by atoms with Crippen molar-refractivity contribution >= 4 is 12.1 Å². The highest BCUT2D eigenvalue weighted by atomic mass is 16.3. The average Bonchev–Trinajstić information content (AvgIpc) is 2.98. The largest absolute Gasteiger partial charge is 0.393 e. The van der Waals surface area contributed by atoms with Gasteiger partial charge in [-0.2, -0.15) is 0 Å². The molecule has 0 unspecified atom stereocenters. The molecule has 4 heteroatoms. The number of aliphatic imine (C=N–C) groups is 1. The van der Waals surface area contributed by atoms with Gasteiger partial charge in [-0.05, 0) is 49.4 Å². The van der Waals surface area contributed by atoms with Gasteiger partial charge in [0.05, 0.1) is 29.5 Å². The van der Waals surface area contributed by atoms with Crippen molar-refractivity contribution in [2.75, 3.05) is 0 Å². The molecule has 1 aliphatic rings. The topological polar surface area (TPSA) is 62.5 Å². The minimum absolute atomic E-state index is 0.00753. The number of hydrogen-bond acceptors (Lipinski definition) is 3. The van der Waals surface area contributed by atoms with Crippen LogP contribution in [0.3, 0.4) is 0 Å². The number of aryl methyl sites for hydroxylation is 2. The van der Waals surface area contributed by atoms with Crippen molar-refractivity contribution in [3.05, 3.63) is 65.5 Å². The lowest BCUT2D eigenvalue weighted by molar-refractivity contribution is -0.120. The lowest BCUT2D eigenvalue weighted by atomic mass is 9.93. The molecule has 1 heterocycles. The highest BCUT2D eigenvalue weighted by Crippen LogP contribution is 2.31. The smallest absolute Gasteiger partial charge is 0.252 e. The van der Waals surface area contributed by atoms with Crippen molar-refractivity contribution in [2.24, 2.45) is 10.9 Å². The van der Waals surface area contributed by atoms with Crippen LogP contribution in [0.25, 0.3) is 11.1 Å². The molecular weight excluding hydrogens is 336 g/mol. The number of carbonyl (C=O) groups is 1. The van der Waals surface area contributed by atoms with E-state index in [1.54, 1.807) is 12.4 Å². The van der Waals surface area contributed by atoms with Gasteiger partial charge >= 0.3 is 0 Å². The molecule has 0 saturated heterocycles. The van der Waals surface area contributed by atoms with Gasteiger partial charge in [0.25, 0.3) is 5.91 Å².